The van der Waals surface area contributed by atoms with Gasteiger partial charge in [-0.3, -0.25) is 0 Å². The van der Waals surface area contributed by atoms with Gasteiger partial charge in [-0.15, -0.1) is 0 Å². The molecule has 0 bridgehead atoms. The molecule has 0 saturated carbocycles. The monoisotopic (exact) mass is 1000 g/mol. The minimum atomic E-state index is -0.838. The number of aromatic nitrogens is 3. The lowest BCUT2D eigenvalue weighted by molar-refractivity contribution is -0.150. The minimum absolute atomic E-state index is 0.0561. The normalized spacial score (nSPS) is 12.1. The summed E-state index contributed by atoms with van der Waals surface area (Å²) in [5, 5.41) is 9.59. The fourth-order valence-corrected chi connectivity index (χ4v) is 6.20. The van der Waals surface area contributed by atoms with Gasteiger partial charge in [-0.05, 0) is 113 Å². The summed E-state index contributed by atoms with van der Waals surface area (Å²) in [6, 6.07) is 20.5. The van der Waals surface area contributed by atoms with E-state index in [0.29, 0.717) is 51.9 Å². The van der Waals surface area contributed by atoms with E-state index in [9.17, 15) is 24.0 Å². The van der Waals surface area contributed by atoms with Gasteiger partial charge in [-0.2, -0.15) is 15.0 Å². The Morgan fingerprint density at radius 3 is 1.23 bits per heavy atom. The molecule has 4 rings (SSSR count). The number of nitrogens with one attached hydrogen (secondary N) is 3. The zero-order valence-corrected chi connectivity index (χ0v) is 44.7. The van der Waals surface area contributed by atoms with E-state index in [1.54, 1.807) is 79.7 Å². The summed E-state index contributed by atoms with van der Waals surface area (Å²) in [6.07, 6.45) is 6.94. The van der Waals surface area contributed by atoms with Gasteiger partial charge in [0.25, 0.3) is 0 Å². The van der Waals surface area contributed by atoms with Gasteiger partial charge in [0.15, 0.2) is 0 Å². The van der Waals surface area contributed by atoms with Gasteiger partial charge in [0.2, 0.25) is 17.8 Å². The SMILES string of the molecule is C=C(C)COC(=O)/C(=C\c1ccc(Nc2nc(Nc3ccc(C=C(C(=O)OCC(C)(C)C)C(=O)OCC(C)(C)C)cc3)nc(Nc3ccc(C(=O)OCC(CC)CCCC)cc3)n2)cc1)C(=O)OCC(C)(C)C. The third-order valence-electron chi connectivity index (χ3n) is 10.2. The van der Waals surface area contributed by atoms with Crippen LogP contribution in [0, 0.1) is 22.2 Å². The van der Waals surface area contributed by atoms with Crippen molar-refractivity contribution >= 4 is 76.9 Å². The molecule has 0 fully saturated rings. The minimum Gasteiger partial charge on any atom is -0.462 e. The third kappa shape index (κ3) is 21.5. The first-order valence-corrected chi connectivity index (χ1v) is 24.6. The fourth-order valence-electron chi connectivity index (χ4n) is 6.20. The number of anilines is 6. The first-order chi connectivity index (χ1) is 34.3. The molecule has 0 aliphatic rings. The molecule has 0 radical (unpaired) electrons. The lowest BCUT2D eigenvalue weighted by atomic mass is 9.98. The zero-order chi connectivity index (χ0) is 53.9. The molecule has 0 saturated heterocycles. The molecule has 4 aromatic rings. The van der Waals surface area contributed by atoms with Gasteiger partial charge in [-0.25, -0.2) is 24.0 Å². The summed E-state index contributed by atoms with van der Waals surface area (Å²) in [6.45, 7) is 27.6. The average molecular weight is 1000 g/mol. The number of rotatable bonds is 24. The molecule has 1 unspecified atom stereocenters. The summed E-state index contributed by atoms with van der Waals surface area (Å²) in [7, 11) is 0. The maximum Gasteiger partial charge on any atom is 0.345 e. The van der Waals surface area contributed by atoms with E-state index in [2.05, 4.69) is 51.3 Å². The second kappa shape index (κ2) is 26.9. The van der Waals surface area contributed by atoms with Crippen LogP contribution in [0.5, 0.6) is 0 Å². The molecule has 3 aromatic carbocycles. The number of ether oxygens (including phenoxy) is 5. The molecule has 16 nitrogen and oxygen atoms in total. The average Bonchev–Trinajstić information content (AvgIpc) is 3.32. The highest BCUT2D eigenvalue weighted by Crippen LogP contribution is 2.25. The maximum atomic E-state index is 13.2. The largest absolute Gasteiger partial charge is 0.462 e. The van der Waals surface area contributed by atoms with Crippen LogP contribution in [0.2, 0.25) is 0 Å². The zero-order valence-electron chi connectivity index (χ0n) is 44.7. The van der Waals surface area contributed by atoms with Crippen LogP contribution >= 0.6 is 0 Å². The molecule has 1 aromatic heterocycles. The van der Waals surface area contributed by atoms with Crippen molar-refractivity contribution in [2.45, 2.75) is 109 Å². The number of carbonyl (C=O) groups is 5. The van der Waals surface area contributed by atoms with E-state index >= 15 is 0 Å². The van der Waals surface area contributed by atoms with Crippen LogP contribution in [-0.2, 0) is 42.9 Å². The summed E-state index contributed by atoms with van der Waals surface area (Å²) in [4.78, 5) is 79.5. The van der Waals surface area contributed by atoms with Crippen LogP contribution in [0.3, 0.4) is 0 Å². The summed E-state index contributed by atoms with van der Waals surface area (Å²) in [5.74, 6) is -2.89. The van der Waals surface area contributed by atoms with Crippen molar-refractivity contribution in [3.8, 4) is 0 Å². The van der Waals surface area contributed by atoms with Crippen molar-refractivity contribution in [1.29, 1.82) is 0 Å². The number of benzene rings is 3. The Labute approximate surface area is 430 Å². The molecule has 0 aliphatic carbocycles. The molecular formula is C57H74N6O10. The highest BCUT2D eigenvalue weighted by molar-refractivity contribution is 6.18. The molecule has 392 valence electrons. The van der Waals surface area contributed by atoms with Gasteiger partial charge in [0.1, 0.15) is 17.8 Å². The van der Waals surface area contributed by atoms with E-state index in [1.807, 2.05) is 62.3 Å². The lowest BCUT2D eigenvalue weighted by Crippen LogP contribution is -2.25. The first-order valence-electron chi connectivity index (χ1n) is 24.6. The number of nitrogens with zero attached hydrogens (tertiary/aromatic N) is 3. The molecule has 16 heteroatoms. The van der Waals surface area contributed by atoms with Gasteiger partial charge >= 0.3 is 29.8 Å². The van der Waals surface area contributed by atoms with Crippen LogP contribution in [0.4, 0.5) is 34.9 Å². The maximum absolute atomic E-state index is 13.2. The number of esters is 5. The van der Waals surface area contributed by atoms with E-state index in [0.717, 1.165) is 25.7 Å². The molecule has 1 heterocycles. The number of hydrogen-bond donors (Lipinski definition) is 3. The first kappa shape index (κ1) is 58.2. The third-order valence-corrected chi connectivity index (χ3v) is 10.2. The summed E-state index contributed by atoms with van der Waals surface area (Å²) >= 11 is 0. The molecule has 1 atom stereocenters. The Morgan fingerprint density at radius 1 is 0.548 bits per heavy atom. The number of unbranched alkanes of at least 4 members (excludes halogenated alkanes) is 1. The number of hydrogen-bond acceptors (Lipinski definition) is 16. The second-order valence-electron chi connectivity index (χ2n) is 21.6. The predicted molar refractivity (Wildman–Crippen MR) is 286 cm³/mol. The Hall–Kier alpha value is -7.36. The van der Waals surface area contributed by atoms with Crippen LogP contribution in [0.25, 0.3) is 12.2 Å². The second-order valence-corrected chi connectivity index (χ2v) is 21.6. The van der Waals surface area contributed by atoms with Crippen molar-refractivity contribution in [3.63, 3.8) is 0 Å². The number of carbonyl (C=O) groups excluding carboxylic acids is 5. The van der Waals surface area contributed by atoms with E-state index in [1.165, 1.54) is 12.2 Å². The highest BCUT2D eigenvalue weighted by atomic mass is 16.6. The highest BCUT2D eigenvalue weighted by Gasteiger charge is 2.27. The quantitative estimate of drug-likeness (QED) is 0.0149. The van der Waals surface area contributed by atoms with Crippen molar-refractivity contribution < 1.29 is 47.7 Å². The van der Waals surface area contributed by atoms with Crippen LogP contribution in [0.1, 0.15) is 130 Å². The Morgan fingerprint density at radius 2 is 0.904 bits per heavy atom. The molecule has 3 N–H and O–H groups in total. The van der Waals surface area contributed by atoms with Crippen LogP contribution in [0.15, 0.2) is 96.1 Å². The van der Waals surface area contributed by atoms with Crippen molar-refractivity contribution in [1.82, 2.24) is 15.0 Å². The smallest absolute Gasteiger partial charge is 0.345 e. The van der Waals surface area contributed by atoms with Gasteiger partial charge in [0, 0.05) is 17.1 Å². The topological polar surface area (TPSA) is 206 Å². The Balaban J connectivity index is 1.65. The lowest BCUT2D eigenvalue weighted by Gasteiger charge is -2.20. The van der Waals surface area contributed by atoms with Gasteiger partial charge < -0.3 is 39.6 Å². The summed E-state index contributed by atoms with van der Waals surface area (Å²) < 4.78 is 27.4. The molecular weight excluding hydrogens is 929 g/mol. The van der Waals surface area contributed by atoms with E-state index in [-0.39, 0.29) is 71.7 Å². The summed E-state index contributed by atoms with van der Waals surface area (Å²) in [5.41, 5.74) is 2.28. The van der Waals surface area contributed by atoms with Crippen molar-refractivity contribution in [3.05, 3.63) is 113 Å². The van der Waals surface area contributed by atoms with Crippen molar-refractivity contribution in [2.24, 2.45) is 22.2 Å². The molecule has 73 heavy (non-hydrogen) atoms. The molecule has 0 aliphatic heterocycles. The molecule has 0 spiro atoms. The van der Waals surface area contributed by atoms with Gasteiger partial charge in [-0.1, -0.05) is 126 Å². The fraction of sp³-hybridized carbons (Fsp3) is 0.439. The predicted octanol–water partition coefficient (Wildman–Crippen LogP) is 12.1. The molecule has 0 amide bonds. The van der Waals surface area contributed by atoms with Crippen LogP contribution in [-0.4, -0.2) is 77.8 Å². The van der Waals surface area contributed by atoms with Crippen molar-refractivity contribution in [2.75, 3.05) is 49.0 Å². The Bertz CT molecular complexity index is 2550. The van der Waals surface area contributed by atoms with Gasteiger partial charge in [0.05, 0.1) is 32.0 Å². The standard InChI is InChI=1S/C57H74N6O10/c1-14-16-17-38(15-2)33-70-47(64)41-22-28-44(29-23-41)60-54-62-52(58-42-24-18-39(19-25-42)30-45(48(65)69-32-37(3)4)49(66)71-34-55(5,6)7)61-53(63-54)59-43-26-20-40(21-27-43)31-46(50(67)72-35-56(8,9)10)51(68)73-36-57(11,12)13/h18-31,38H,3,14-17,32-36H2,1-2,4-13H3,(H3,58,59,60,61,62,63)/b45-30+. The Kier molecular flexibility index (Phi) is 21.5. The van der Waals surface area contributed by atoms with E-state index in [4.69, 9.17) is 23.7 Å². The van der Waals surface area contributed by atoms with E-state index < -0.39 is 29.8 Å². The van der Waals surface area contributed by atoms with Crippen LogP contribution < -0.4 is 16.0 Å².